The van der Waals surface area contributed by atoms with Gasteiger partial charge in [0.05, 0.1) is 24.2 Å². The molecule has 0 amide bonds. The maximum Gasteiger partial charge on any atom is 0.338 e. The molecule has 2 aromatic carbocycles. The first-order valence-corrected chi connectivity index (χ1v) is 9.04. The molecule has 5 heteroatoms. The molecule has 140 valence electrons. The van der Waals surface area contributed by atoms with Crippen molar-refractivity contribution < 1.29 is 14.3 Å². The Hall–Kier alpha value is -3.08. The Morgan fingerprint density at radius 1 is 0.926 bits per heavy atom. The lowest BCUT2D eigenvalue weighted by atomic mass is 10.2. The first-order valence-electron chi connectivity index (χ1n) is 9.04. The van der Waals surface area contributed by atoms with Crippen molar-refractivity contribution in [2.75, 3.05) is 13.2 Å². The zero-order valence-corrected chi connectivity index (χ0v) is 16.0. The lowest BCUT2D eigenvalue weighted by molar-refractivity contribution is 0.0526. The van der Waals surface area contributed by atoms with Gasteiger partial charge >= 0.3 is 5.97 Å². The molecule has 0 saturated heterocycles. The van der Waals surface area contributed by atoms with E-state index in [2.05, 4.69) is 0 Å². The summed E-state index contributed by atoms with van der Waals surface area (Å²) in [4.78, 5) is 24.5. The predicted octanol–water partition coefficient (Wildman–Crippen LogP) is 4.18. The van der Waals surface area contributed by atoms with Crippen LogP contribution in [0.4, 0.5) is 0 Å². The number of hydrogen-bond acceptors (Lipinski definition) is 4. The van der Waals surface area contributed by atoms with Crippen LogP contribution >= 0.6 is 0 Å². The van der Waals surface area contributed by atoms with Crippen LogP contribution in [0.5, 0.6) is 5.75 Å². The van der Waals surface area contributed by atoms with Crippen LogP contribution in [0.25, 0.3) is 16.5 Å². The molecule has 0 aliphatic rings. The quantitative estimate of drug-likeness (QED) is 0.637. The zero-order chi connectivity index (χ0) is 19.6. The van der Waals surface area contributed by atoms with Crippen LogP contribution in [0.1, 0.15) is 35.6 Å². The highest BCUT2D eigenvalue weighted by atomic mass is 16.5. The summed E-state index contributed by atoms with van der Waals surface area (Å²) in [6.45, 7) is 8.45. The summed E-state index contributed by atoms with van der Waals surface area (Å²) in [5.41, 5.74) is 3.09. The first kappa shape index (κ1) is 18.7. The molecule has 0 radical (unpaired) electrons. The first-order chi connectivity index (χ1) is 13.0. The van der Waals surface area contributed by atoms with E-state index in [-0.39, 0.29) is 11.4 Å². The smallest absolute Gasteiger partial charge is 0.338 e. The van der Waals surface area contributed by atoms with Crippen molar-refractivity contribution in [1.82, 2.24) is 4.57 Å². The molecule has 0 saturated carbocycles. The average Bonchev–Trinajstić information content (AvgIpc) is 2.80. The van der Waals surface area contributed by atoms with Crippen molar-refractivity contribution in [2.24, 2.45) is 0 Å². The Bertz CT molecular complexity index is 1050. The second-order valence-corrected chi connectivity index (χ2v) is 6.21. The van der Waals surface area contributed by atoms with Crippen LogP contribution in [-0.2, 0) is 4.74 Å². The fraction of sp³-hybridized carbons (Fsp3) is 0.273. The minimum Gasteiger partial charge on any atom is -0.493 e. The number of esters is 1. The average molecular weight is 365 g/mol. The fourth-order valence-electron chi connectivity index (χ4n) is 3.45. The summed E-state index contributed by atoms with van der Waals surface area (Å²) >= 11 is 0. The van der Waals surface area contributed by atoms with Gasteiger partial charge in [0.1, 0.15) is 5.75 Å². The maximum absolute atomic E-state index is 12.6. The Labute approximate surface area is 158 Å². The van der Waals surface area contributed by atoms with Crippen molar-refractivity contribution >= 4 is 16.7 Å². The predicted molar refractivity (Wildman–Crippen MR) is 106 cm³/mol. The number of hydrogen-bond donors (Lipinski definition) is 0. The fourth-order valence-corrected chi connectivity index (χ4v) is 3.45. The number of ether oxygens (including phenoxy) is 2. The molecule has 3 rings (SSSR count). The van der Waals surface area contributed by atoms with Crippen molar-refractivity contribution in [1.29, 1.82) is 0 Å². The van der Waals surface area contributed by atoms with Gasteiger partial charge in [0.25, 0.3) is 0 Å². The molecule has 0 N–H and O–H groups in total. The largest absolute Gasteiger partial charge is 0.493 e. The Balaban J connectivity index is 2.22. The van der Waals surface area contributed by atoms with Crippen molar-refractivity contribution in [2.45, 2.75) is 27.7 Å². The zero-order valence-electron chi connectivity index (χ0n) is 16.0. The molecule has 0 spiro atoms. The van der Waals surface area contributed by atoms with Gasteiger partial charge in [-0.3, -0.25) is 4.79 Å². The second kappa shape index (κ2) is 7.66. The van der Waals surface area contributed by atoms with Gasteiger partial charge in [-0.15, -0.1) is 0 Å². The van der Waals surface area contributed by atoms with Crippen LogP contribution in [0.3, 0.4) is 0 Å². The lowest BCUT2D eigenvalue weighted by Gasteiger charge is -2.10. The van der Waals surface area contributed by atoms with Crippen LogP contribution < -0.4 is 10.2 Å². The highest BCUT2D eigenvalue weighted by Crippen LogP contribution is 2.32. The van der Waals surface area contributed by atoms with Crippen molar-refractivity contribution in [3.05, 3.63) is 69.6 Å². The molecule has 0 fully saturated rings. The van der Waals surface area contributed by atoms with Crippen LogP contribution in [0, 0.1) is 13.8 Å². The molecule has 0 atom stereocenters. The molecule has 27 heavy (non-hydrogen) atoms. The monoisotopic (exact) mass is 365 g/mol. The standard InChI is InChI=1S/C22H23NO4/c1-5-26-19-9-7-8-18(24)20-14(3)23(15(4)21(19)20)17-12-10-16(11-13-17)22(25)27-6-2/h7-13H,5-6H2,1-4H3. The molecular formula is C22H23NO4. The molecule has 0 bridgehead atoms. The SMILES string of the molecule is CCOC(=O)c1ccc(-n2c(C)c3c(OCC)cccc(=O)c3c2C)cc1. The van der Waals surface area contributed by atoms with Crippen molar-refractivity contribution in [3.8, 4) is 11.4 Å². The maximum atomic E-state index is 12.6. The summed E-state index contributed by atoms with van der Waals surface area (Å²) < 4.78 is 12.8. The molecule has 0 unspecified atom stereocenters. The number of aromatic nitrogens is 1. The van der Waals surface area contributed by atoms with E-state index in [1.54, 1.807) is 31.2 Å². The van der Waals surface area contributed by atoms with Gasteiger partial charge in [-0.1, -0.05) is 6.07 Å². The number of benzene rings is 1. The molecule has 0 aliphatic heterocycles. The van der Waals surface area contributed by atoms with E-state index in [9.17, 15) is 9.59 Å². The third-order valence-corrected chi connectivity index (χ3v) is 4.57. The summed E-state index contributed by atoms with van der Waals surface area (Å²) in [5, 5.41) is 1.47. The molecular weight excluding hydrogens is 342 g/mol. The van der Waals surface area contributed by atoms with E-state index in [1.807, 2.05) is 43.5 Å². The van der Waals surface area contributed by atoms with Crippen LogP contribution in [-0.4, -0.2) is 23.8 Å². The molecule has 0 aliphatic carbocycles. The topological polar surface area (TPSA) is 57.5 Å². The second-order valence-electron chi connectivity index (χ2n) is 6.21. The molecule has 5 nitrogen and oxygen atoms in total. The number of fused-ring (bicyclic) bond motifs is 1. The van der Waals surface area contributed by atoms with Gasteiger partial charge in [-0.2, -0.15) is 0 Å². The van der Waals surface area contributed by atoms with E-state index < -0.39 is 0 Å². The van der Waals surface area contributed by atoms with E-state index in [0.717, 1.165) is 22.5 Å². The van der Waals surface area contributed by atoms with E-state index in [4.69, 9.17) is 9.47 Å². The van der Waals surface area contributed by atoms with Gasteiger partial charge in [-0.05, 0) is 64.1 Å². The molecule has 1 aromatic heterocycles. The number of carbonyl (C=O) groups excluding carboxylic acids is 1. The van der Waals surface area contributed by atoms with Crippen LogP contribution in [0.2, 0.25) is 0 Å². The van der Waals surface area contributed by atoms with Gasteiger partial charge < -0.3 is 14.0 Å². The normalized spacial score (nSPS) is 10.8. The number of rotatable bonds is 5. The summed E-state index contributed by atoms with van der Waals surface area (Å²) in [6.07, 6.45) is 0. The third kappa shape index (κ3) is 3.33. The van der Waals surface area contributed by atoms with Gasteiger partial charge in [-0.25, -0.2) is 4.79 Å². The third-order valence-electron chi connectivity index (χ3n) is 4.57. The Kier molecular flexibility index (Phi) is 5.31. The highest BCUT2D eigenvalue weighted by molar-refractivity contribution is 5.94. The highest BCUT2D eigenvalue weighted by Gasteiger charge is 2.18. The van der Waals surface area contributed by atoms with E-state index >= 15 is 0 Å². The number of carbonyl (C=O) groups is 1. The van der Waals surface area contributed by atoms with Crippen molar-refractivity contribution in [3.63, 3.8) is 0 Å². The van der Waals surface area contributed by atoms with E-state index in [1.165, 1.54) is 0 Å². The molecule has 1 heterocycles. The van der Waals surface area contributed by atoms with Gasteiger partial charge in [0.2, 0.25) is 0 Å². The minimum atomic E-state index is -0.345. The summed E-state index contributed by atoms with van der Waals surface area (Å²) in [7, 11) is 0. The Morgan fingerprint density at radius 2 is 1.59 bits per heavy atom. The number of nitrogens with zero attached hydrogens (tertiary/aromatic N) is 1. The van der Waals surface area contributed by atoms with Gasteiger partial charge in [0.15, 0.2) is 5.43 Å². The summed E-state index contributed by atoms with van der Waals surface area (Å²) in [5.74, 6) is 0.347. The Morgan fingerprint density at radius 3 is 2.22 bits per heavy atom. The molecule has 3 aromatic rings. The van der Waals surface area contributed by atoms with Crippen LogP contribution in [0.15, 0.2) is 47.3 Å². The summed E-state index contributed by atoms with van der Waals surface area (Å²) in [6, 6.07) is 12.3. The number of aryl methyl sites for hydroxylation is 2. The minimum absolute atomic E-state index is 0.0431. The van der Waals surface area contributed by atoms with E-state index in [0.29, 0.717) is 29.9 Å². The lowest BCUT2D eigenvalue weighted by Crippen LogP contribution is -2.05. The van der Waals surface area contributed by atoms with Gasteiger partial charge in [0, 0.05) is 22.5 Å².